The van der Waals surface area contributed by atoms with Crippen LogP contribution in [0.4, 0.5) is 4.39 Å². The molecule has 0 unspecified atom stereocenters. The average molecular weight is 279 g/mol. The molecule has 0 amide bonds. The van der Waals surface area contributed by atoms with Crippen molar-refractivity contribution in [3.8, 4) is 5.75 Å². The molecule has 0 saturated heterocycles. The minimum absolute atomic E-state index is 0.152. The van der Waals surface area contributed by atoms with Gasteiger partial charge in [-0.05, 0) is 55.5 Å². The van der Waals surface area contributed by atoms with Gasteiger partial charge in [-0.1, -0.05) is 11.6 Å². The highest BCUT2D eigenvalue weighted by atomic mass is 35.5. The summed E-state index contributed by atoms with van der Waals surface area (Å²) >= 11 is 5.76. The number of benzene rings is 2. The number of Topliss-reactive ketones (excluding diaryl/α,β-unsaturated/α-hetero) is 1. The first-order valence-corrected chi connectivity index (χ1v) is 6.16. The molecule has 0 aliphatic rings. The lowest BCUT2D eigenvalue weighted by Gasteiger charge is -2.13. The molecule has 2 aromatic carbocycles. The number of halogens is 2. The fourth-order valence-corrected chi connectivity index (χ4v) is 1.75. The largest absolute Gasteiger partial charge is 0.483 e. The van der Waals surface area contributed by atoms with Gasteiger partial charge in [0.1, 0.15) is 11.6 Å². The number of ether oxygens (including phenoxy) is 1. The van der Waals surface area contributed by atoms with E-state index in [2.05, 4.69) is 0 Å². The van der Waals surface area contributed by atoms with Crippen LogP contribution in [0.15, 0.2) is 48.5 Å². The van der Waals surface area contributed by atoms with Crippen molar-refractivity contribution in [1.82, 2.24) is 0 Å². The normalized spacial score (nSPS) is 11.9. The predicted octanol–water partition coefficient (Wildman–Crippen LogP) is 4.13. The number of carbonyl (C=O) groups is 1. The molecule has 2 rings (SSSR count). The Hall–Kier alpha value is -1.87. The van der Waals surface area contributed by atoms with Crippen LogP contribution < -0.4 is 4.74 Å². The highest BCUT2D eigenvalue weighted by Crippen LogP contribution is 2.16. The van der Waals surface area contributed by atoms with Gasteiger partial charge >= 0.3 is 0 Å². The zero-order valence-corrected chi connectivity index (χ0v) is 11.0. The van der Waals surface area contributed by atoms with Gasteiger partial charge in [0.2, 0.25) is 5.78 Å². The molecule has 0 aliphatic heterocycles. The highest BCUT2D eigenvalue weighted by molar-refractivity contribution is 6.30. The van der Waals surface area contributed by atoms with E-state index < -0.39 is 6.10 Å². The zero-order chi connectivity index (χ0) is 13.8. The highest BCUT2D eigenvalue weighted by Gasteiger charge is 2.16. The SMILES string of the molecule is C[C@@H](Oc1ccc(F)cc1)C(=O)c1ccc(Cl)cc1. The Morgan fingerprint density at radius 3 is 2.26 bits per heavy atom. The van der Waals surface area contributed by atoms with Gasteiger partial charge in [-0.3, -0.25) is 4.79 Å². The van der Waals surface area contributed by atoms with Crippen LogP contribution in [0.2, 0.25) is 5.02 Å². The monoisotopic (exact) mass is 278 g/mol. The van der Waals surface area contributed by atoms with Crippen molar-refractivity contribution >= 4 is 17.4 Å². The van der Waals surface area contributed by atoms with Crippen molar-refractivity contribution in [2.75, 3.05) is 0 Å². The van der Waals surface area contributed by atoms with E-state index in [0.29, 0.717) is 16.3 Å². The van der Waals surface area contributed by atoms with E-state index in [-0.39, 0.29) is 11.6 Å². The van der Waals surface area contributed by atoms with Crippen LogP contribution in [0.3, 0.4) is 0 Å². The van der Waals surface area contributed by atoms with E-state index in [1.807, 2.05) is 0 Å². The molecule has 2 aromatic rings. The van der Waals surface area contributed by atoms with Crippen molar-refractivity contribution in [2.45, 2.75) is 13.0 Å². The smallest absolute Gasteiger partial charge is 0.202 e. The van der Waals surface area contributed by atoms with Gasteiger partial charge in [0.15, 0.2) is 6.10 Å². The zero-order valence-electron chi connectivity index (χ0n) is 10.3. The molecule has 2 nitrogen and oxygen atoms in total. The van der Waals surface area contributed by atoms with Crippen LogP contribution >= 0.6 is 11.6 Å². The van der Waals surface area contributed by atoms with Crippen LogP contribution in [-0.2, 0) is 0 Å². The third-order valence-electron chi connectivity index (χ3n) is 2.62. The molecule has 0 spiro atoms. The first-order valence-electron chi connectivity index (χ1n) is 5.78. The molecule has 0 radical (unpaired) electrons. The van der Waals surface area contributed by atoms with E-state index >= 15 is 0 Å². The molecular formula is C15H12ClFO2. The molecule has 1 atom stereocenters. The maximum Gasteiger partial charge on any atom is 0.202 e. The summed E-state index contributed by atoms with van der Waals surface area (Å²) in [6, 6.07) is 12.1. The van der Waals surface area contributed by atoms with Crippen LogP contribution in [0, 0.1) is 5.82 Å². The minimum Gasteiger partial charge on any atom is -0.483 e. The van der Waals surface area contributed by atoms with Gasteiger partial charge < -0.3 is 4.74 Å². The summed E-state index contributed by atoms with van der Waals surface area (Å²) in [4.78, 5) is 12.1. The Bertz CT molecular complexity index is 564. The lowest BCUT2D eigenvalue weighted by atomic mass is 10.1. The molecule has 0 aromatic heterocycles. The Labute approximate surface area is 115 Å². The van der Waals surface area contributed by atoms with Crippen LogP contribution in [0.25, 0.3) is 0 Å². The number of carbonyl (C=O) groups excluding carboxylic acids is 1. The Kier molecular flexibility index (Phi) is 4.17. The molecular weight excluding hydrogens is 267 g/mol. The van der Waals surface area contributed by atoms with Crippen LogP contribution in [0.5, 0.6) is 5.75 Å². The van der Waals surface area contributed by atoms with Crippen molar-refractivity contribution in [2.24, 2.45) is 0 Å². The minimum atomic E-state index is -0.647. The summed E-state index contributed by atoms with van der Waals surface area (Å²) in [7, 11) is 0. The lowest BCUT2D eigenvalue weighted by Crippen LogP contribution is -2.23. The molecule has 19 heavy (non-hydrogen) atoms. The second-order valence-electron chi connectivity index (χ2n) is 4.09. The summed E-state index contributed by atoms with van der Waals surface area (Å²) < 4.78 is 18.2. The van der Waals surface area contributed by atoms with E-state index in [0.717, 1.165) is 0 Å². The van der Waals surface area contributed by atoms with E-state index in [4.69, 9.17) is 16.3 Å². The molecule has 0 bridgehead atoms. The van der Waals surface area contributed by atoms with E-state index in [1.165, 1.54) is 24.3 Å². The lowest BCUT2D eigenvalue weighted by molar-refractivity contribution is 0.0818. The van der Waals surface area contributed by atoms with Crippen LogP contribution in [-0.4, -0.2) is 11.9 Å². The molecule has 0 N–H and O–H groups in total. The Morgan fingerprint density at radius 2 is 1.68 bits per heavy atom. The first kappa shape index (κ1) is 13.6. The molecule has 0 heterocycles. The Balaban J connectivity index is 2.07. The fourth-order valence-electron chi connectivity index (χ4n) is 1.62. The average Bonchev–Trinajstić information content (AvgIpc) is 2.41. The molecule has 98 valence electrons. The third kappa shape index (κ3) is 3.55. The van der Waals surface area contributed by atoms with Gasteiger partial charge in [0, 0.05) is 10.6 Å². The molecule has 0 fully saturated rings. The molecule has 0 aliphatic carbocycles. The molecule has 0 saturated carbocycles. The van der Waals surface area contributed by atoms with Crippen LogP contribution in [0.1, 0.15) is 17.3 Å². The second-order valence-corrected chi connectivity index (χ2v) is 4.52. The van der Waals surface area contributed by atoms with Gasteiger partial charge in [-0.15, -0.1) is 0 Å². The number of hydrogen-bond acceptors (Lipinski definition) is 2. The van der Waals surface area contributed by atoms with Crippen molar-refractivity contribution in [3.63, 3.8) is 0 Å². The Morgan fingerprint density at radius 1 is 1.11 bits per heavy atom. The number of ketones is 1. The maximum absolute atomic E-state index is 12.8. The van der Waals surface area contributed by atoms with E-state index in [9.17, 15) is 9.18 Å². The van der Waals surface area contributed by atoms with E-state index in [1.54, 1.807) is 31.2 Å². The maximum atomic E-state index is 12.8. The summed E-state index contributed by atoms with van der Waals surface area (Å²) in [5.41, 5.74) is 0.527. The standard InChI is InChI=1S/C15H12ClFO2/c1-10(19-14-8-6-13(17)7-9-14)15(18)11-2-4-12(16)5-3-11/h2-10H,1H3/t10-/m1/s1. The van der Waals surface area contributed by atoms with Gasteiger partial charge in [-0.2, -0.15) is 0 Å². The third-order valence-corrected chi connectivity index (χ3v) is 2.88. The summed E-state index contributed by atoms with van der Waals surface area (Å²) in [6.07, 6.45) is -0.647. The summed E-state index contributed by atoms with van der Waals surface area (Å²) in [5, 5.41) is 0.573. The quantitative estimate of drug-likeness (QED) is 0.786. The van der Waals surface area contributed by atoms with Gasteiger partial charge in [-0.25, -0.2) is 4.39 Å². The van der Waals surface area contributed by atoms with Gasteiger partial charge in [0.05, 0.1) is 0 Å². The fraction of sp³-hybridized carbons (Fsp3) is 0.133. The van der Waals surface area contributed by atoms with Gasteiger partial charge in [0.25, 0.3) is 0 Å². The predicted molar refractivity (Wildman–Crippen MR) is 72.3 cm³/mol. The second kappa shape index (κ2) is 5.85. The van der Waals surface area contributed by atoms with Crippen molar-refractivity contribution < 1.29 is 13.9 Å². The van der Waals surface area contributed by atoms with Crippen molar-refractivity contribution in [1.29, 1.82) is 0 Å². The summed E-state index contributed by atoms with van der Waals surface area (Å²) in [5.74, 6) is -0.0405. The topological polar surface area (TPSA) is 26.3 Å². The number of hydrogen-bond donors (Lipinski definition) is 0. The number of rotatable bonds is 4. The summed E-state index contributed by atoms with van der Waals surface area (Å²) in [6.45, 7) is 1.65. The van der Waals surface area contributed by atoms with Crippen molar-refractivity contribution in [3.05, 3.63) is 64.9 Å². The first-order chi connectivity index (χ1) is 9.06. The molecule has 4 heteroatoms.